The highest BCUT2D eigenvalue weighted by atomic mass is 16.5. The second kappa shape index (κ2) is 2.68. The number of methoxy groups -OCH3 is 1. The van der Waals surface area contributed by atoms with Crippen molar-refractivity contribution in [2.24, 2.45) is 11.1 Å². The number of hydrogen-bond acceptors (Lipinski definition) is 3. The van der Waals surface area contributed by atoms with Gasteiger partial charge in [-0.15, -0.1) is 0 Å². The number of amides is 1. The lowest BCUT2D eigenvalue weighted by Crippen LogP contribution is -2.39. The fourth-order valence-corrected chi connectivity index (χ4v) is 0.356. The predicted octanol–water partition coefficient (Wildman–Crippen LogP) is -0.329. The fraction of sp³-hybridized carbons (Fsp3) is 0.667. The third-order valence-corrected chi connectivity index (χ3v) is 1.31. The first-order valence-electron chi connectivity index (χ1n) is 2.81. The SMILES string of the molecule is COC(=O)C(C)(C)C(N)=O. The summed E-state index contributed by atoms with van der Waals surface area (Å²) in [6.45, 7) is 2.84. The molecule has 0 rings (SSSR count). The Morgan fingerprint density at radius 2 is 1.80 bits per heavy atom. The van der Waals surface area contributed by atoms with Gasteiger partial charge < -0.3 is 10.5 Å². The molecule has 0 aromatic heterocycles. The molecule has 0 bridgehead atoms. The van der Waals surface area contributed by atoms with E-state index in [-0.39, 0.29) is 0 Å². The average Bonchev–Trinajstić information content (AvgIpc) is 1.86. The maximum absolute atomic E-state index is 10.8. The van der Waals surface area contributed by atoms with E-state index in [0.29, 0.717) is 0 Å². The van der Waals surface area contributed by atoms with Crippen molar-refractivity contribution in [1.82, 2.24) is 0 Å². The topological polar surface area (TPSA) is 69.4 Å². The smallest absolute Gasteiger partial charge is 0.320 e. The number of hydrogen-bond donors (Lipinski definition) is 1. The molecule has 58 valence electrons. The number of esters is 1. The Balaban J connectivity index is 4.40. The Labute approximate surface area is 59.3 Å². The van der Waals surface area contributed by atoms with Crippen molar-refractivity contribution in [3.63, 3.8) is 0 Å². The van der Waals surface area contributed by atoms with Crippen molar-refractivity contribution in [2.45, 2.75) is 13.8 Å². The summed E-state index contributed by atoms with van der Waals surface area (Å²) in [5.74, 6) is -1.29. The second-order valence-corrected chi connectivity index (χ2v) is 2.48. The number of primary amides is 1. The molecule has 0 aliphatic heterocycles. The van der Waals surface area contributed by atoms with Crippen LogP contribution in [0.15, 0.2) is 0 Å². The lowest BCUT2D eigenvalue weighted by molar-refractivity contribution is -0.155. The largest absolute Gasteiger partial charge is 0.468 e. The third-order valence-electron chi connectivity index (χ3n) is 1.31. The van der Waals surface area contributed by atoms with Crippen molar-refractivity contribution in [1.29, 1.82) is 0 Å². The van der Waals surface area contributed by atoms with Crippen LogP contribution in [0.1, 0.15) is 13.8 Å². The minimum Gasteiger partial charge on any atom is -0.468 e. The lowest BCUT2D eigenvalue weighted by atomic mass is 9.93. The van der Waals surface area contributed by atoms with Crippen molar-refractivity contribution in [3.8, 4) is 0 Å². The Morgan fingerprint density at radius 1 is 1.40 bits per heavy atom. The van der Waals surface area contributed by atoms with Gasteiger partial charge in [-0.3, -0.25) is 9.59 Å². The van der Waals surface area contributed by atoms with Crippen LogP contribution in [0.2, 0.25) is 0 Å². The van der Waals surface area contributed by atoms with Crippen LogP contribution in [0, 0.1) is 5.41 Å². The lowest BCUT2D eigenvalue weighted by Gasteiger charge is -2.15. The van der Waals surface area contributed by atoms with Crippen LogP contribution in [-0.2, 0) is 14.3 Å². The van der Waals surface area contributed by atoms with Crippen LogP contribution in [0.25, 0.3) is 0 Å². The summed E-state index contributed by atoms with van der Waals surface area (Å²) in [5.41, 5.74) is 3.69. The summed E-state index contributed by atoms with van der Waals surface area (Å²) in [7, 11) is 1.22. The molecule has 1 amide bonds. The molecule has 0 saturated carbocycles. The molecule has 0 radical (unpaired) electrons. The van der Waals surface area contributed by atoms with Gasteiger partial charge in [0.2, 0.25) is 5.91 Å². The Hall–Kier alpha value is -1.06. The summed E-state index contributed by atoms with van der Waals surface area (Å²) in [6.07, 6.45) is 0. The van der Waals surface area contributed by atoms with E-state index in [1.807, 2.05) is 0 Å². The molecule has 0 aliphatic carbocycles. The molecule has 10 heavy (non-hydrogen) atoms. The van der Waals surface area contributed by atoms with Crippen LogP contribution in [0.5, 0.6) is 0 Å². The first kappa shape index (κ1) is 8.94. The van der Waals surface area contributed by atoms with E-state index in [2.05, 4.69) is 4.74 Å². The van der Waals surface area contributed by atoms with Crippen LogP contribution in [0.4, 0.5) is 0 Å². The van der Waals surface area contributed by atoms with Crippen LogP contribution in [-0.4, -0.2) is 19.0 Å². The zero-order chi connectivity index (χ0) is 8.36. The number of carbonyl (C=O) groups is 2. The molecule has 0 heterocycles. The molecule has 0 saturated heterocycles. The summed E-state index contributed by atoms with van der Waals surface area (Å²) < 4.78 is 4.34. The highest BCUT2D eigenvalue weighted by Crippen LogP contribution is 2.15. The molecule has 0 unspecified atom stereocenters. The van der Waals surface area contributed by atoms with Gasteiger partial charge in [0, 0.05) is 0 Å². The van der Waals surface area contributed by atoms with Crippen molar-refractivity contribution in [2.75, 3.05) is 7.11 Å². The van der Waals surface area contributed by atoms with E-state index in [4.69, 9.17) is 5.73 Å². The number of ether oxygens (including phenoxy) is 1. The van der Waals surface area contributed by atoms with Gasteiger partial charge in [-0.2, -0.15) is 0 Å². The minimum absolute atomic E-state index is 0.611. The number of rotatable bonds is 2. The van der Waals surface area contributed by atoms with Crippen molar-refractivity contribution in [3.05, 3.63) is 0 Å². The third kappa shape index (κ3) is 1.46. The Bertz CT molecular complexity index is 162. The molecule has 4 nitrogen and oxygen atoms in total. The average molecular weight is 145 g/mol. The van der Waals surface area contributed by atoms with E-state index in [9.17, 15) is 9.59 Å². The van der Waals surface area contributed by atoms with E-state index in [1.54, 1.807) is 0 Å². The summed E-state index contributed by atoms with van der Waals surface area (Å²) in [4.78, 5) is 21.3. The maximum Gasteiger partial charge on any atom is 0.320 e. The van der Waals surface area contributed by atoms with Gasteiger partial charge in [0.25, 0.3) is 0 Å². The zero-order valence-corrected chi connectivity index (χ0v) is 6.30. The van der Waals surface area contributed by atoms with Gasteiger partial charge in [-0.25, -0.2) is 0 Å². The molecule has 0 aromatic rings. The summed E-state index contributed by atoms with van der Waals surface area (Å²) in [6, 6.07) is 0. The van der Waals surface area contributed by atoms with E-state index in [1.165, 1.54) is 21.0 Å². The fourth-order valence-electron chi connectivity index (χ4n) is 0.356. The molecule has 0 aromatic carbocycles. The van der Waals surface area contributed by atoms with Gasteiger partial charge in [-0.05, 0) is 13.8 Å². The molecular weight excluding hydrogens is 134 g/mol. The molecule has 0 atom stereocenters. The van der Waals surface area contributed by atoms with Gasteiger partial charge in [-0.1, -0.05) is 0 Å². The van der Waals surface area contributed by atoms with Crippen LogP contribution >= 0.6 is 0 Å². The Kier molecular flexibility index (Phi) is 2.40. The van der Waals surface area contributed by atoms with E-state index >= 15 is 0 Å². The van der Waals surface area contributed by atoms with Crippen molar-refractivity contribution >= 4 is 11.9 Å². The molecule has 4 heteroatoms. The summed E-state index contributed by atoms with van der Waals surface area (Å²) in [5, 5.41) is 0. The highest BCUT2D eigenvalue weighted by Gasteiger charge is 2.34. The van der Waals surface area contributed by atoms with E-state index < -0.39 is 17.3 Å². The monoisotopic (exact) mass is 145 g/mol. The summed E-state index contributed by atoms with van der Waals surface area (Å²) >= 11 is 0. The molecule has 0 aliphatic rings. The highest BCUT2D eigenvalue weighted by molar-refractivity contribution is 6.00. The zero-order valence-electron chi connectivity index (χ0n) is 6.30. The Morgan fingerprint density at radius 3 is 1.90 bits per heavy atom. The minimum atomic E-state index is -1.21. The quantitative estimate of drug-likeness (QED) is 0.427. The predicted molar refractivity (Wildman–Crippen MR) is 35.0 cm³/mol. The molecule has 2 N–H and O–H groups in total. The van der Waals surface area contributed by atoms with Gasteiger partial charge >= 0.3 is 5.97 Å². The number of carbonyl (C=O) groups excluding carboxylic acids is 2. The standard InChI is InChI=1S/C6H11NO3/c1-6(2,4(7)8)5(9)10-3/h1-3H3,(H2,7,8). The van der Waals surface area contributed by atoms with Gasteiger partial charge in [0.15, 0.2) is 0 Å². The molecule has 0 fully saturated rings. The first-order chi connectivity index (χ1) is 4.42. The number of nitrogens with two attached hydrogens (primary N) is 1. The van der Waals surface area contributed by atoms with Crippen molar-refractivity contribution < 1.29 is 14.3 Å². The van der Waals surface area contributed by atoms with Crippen LogP contribution in [0.3, 0.4) is 0 Å². The molecule has 0 spiro atoms. The van der Waals surface area contributed by atoms with Crippen LogP contribution < -0.4 is 5.73 Å². The first-order valence-corrected chi connectivity index (χ1v) is 2.81. The normalized spacial score (nSPS) is 10.7. The van der Waals surface area contributed by atoms with E-state index in [0.717, 1.165) is 0 Å². The van der Waals surface area contributed by atoms with Gasteiger partial charge in [0.1, 0.15) is 5.41 Å². The van der Waals surface area contributed by atoms with Gasteiger partial charge in [0.05, 0.1) is 7.11 Å². The maximum atomic E-state index is 10.8. The second-order valence-electron chi connectivity index (χ2n) is 2.48. The molecular formula is C6H11NO3.